The molecule has 0 saturated carbocycles. The van der Waals surface area contributed by atoms with Crippen LogP contribution in [0.25, 0.3) is 77.2 Å². The van der Waals surface area contributed by atoms with Gasteiger partial charge in [0.25, 0.3) is 0 Å². The number of para-hydroxylation sites is 1. The molecule has 0 spiro atoms. The van der Waals surface area contributed by atoms with Crippen molar-refractivity contribution in [2.45, 2.75) is 0 Å². The number of fused-ring (bicyclic) bond motifs is 4. The zero-order valence-corrected chi connectivity index (χ0v) is 29.6. The molecule has 9 aromatic carbocycles. The van der Waals surface area contributed by atoms with Crippen molar-refractivity contribution in [3.8, 4) is 44.5 Å². The first-order valence-electron chi connectivity index (χ1n) is 18.4. The Balaban J connectivity index is 1.06. The highest BCUT2D eigenvalue weighted by Crippen LogP contribution is 2.41. The van der Waals surface area contributed by atoms with Gasteiger partial charge in [0.2, 0.25) is 0 Å². The minimum Gasteiger partial charge on any atom is -0.456 e. The lowest BCUT2D eigenvalue weighted by Crippen LogP contribution is -2.10. The number of anilines is 3. The number of furan rings is 1. The van der Waals surface area contributed by atoms with Gasteiger partial charge in [-0.2, -0.15) is 0 Å². The SMILES string of the molecule is c1ccc(-c2cc(-c3ccccc3)cc(-c3ccc(N(c4ccc(-c5ccc6oc7ccccc7c6c5)cc4)c4cccc5ccccc45)cc3)c2)cc1. The van der Waals surface area contributed by atoms with Gasteiger partial charge in [0, 0.05) is 27.5 Å². The third-order valence-electron chi connectivity index (χ3n) is 10.4. The molecule has 1 aromatic heterocycles. The van der Waals surface area contributed by atoms with Gasteiger partial charge in [-0.3, -0.25) is 0 Å². The molecule has 0 aliphatic carbocycles. The van der Waals surface area contributed by atoms with E-state index in [0.717, 1.165) is 50.1 Å². The van der Waals surface area contributed by atoms with Crippen molar-refractivity contribution < 1.29 is 4.42 Å². The lowest BCUT2D eigenvalue weighted by molar-refractivity contribution is 0.669. The average Bonchev–Trinajstić information content (AvgIpc) is 3.63. The molecule has 0 fully saturated rings. The van der Waals surface area contributed by atoms with Crippen molar-refractivity contribution in [1.29, 1.82) is 0 Å². The Labute approximate surface area is 314 Å². The molecule has 0 N–H and O–H groups in total. The molecule has 0 aliphatic rings. The number of rotatable bonds is 7. The van der Waals surface area contributed by atoms with Crippen LogP contribution >= 0.6 is 0 Å². The molecule has 254 valence electrons. The van der Waals surface area contributed by atoms with Crippen LogP contribution in [0.3, 0.4) is 0 Å². The van der Waals surface area contributed by atoms with E-state index in [4.69, 9.17) is 4.42 Å². The normalized spacial score (nSPS) is 11.3. The van der Waals surface area contributed by atoms with Crippen molar-refractivity contribution >= 4 is 49.8 Å². The average molecular weight is 690 g/mol. The van der Waals surface area contributed by atoms with Crippen LogP contribution < -0.4 is 4.90 Å². The van der Waals surface area contributed by atoms with E-state index in [2.05, 4.69) is 205 Å². The van der Waals surface area contributed by atoms with Crippen molar-refractivity contribution in [3.63, 3.8) is 0 Å². The van der Waals surface area contributed by atoms with Crippen LogP contribution in [-0.4, -0.2) is 0 Å². The Bertz CT molecular complexity index is 2840. The van der Waals surface area contributed by atoms with Gasteiger partial charge < -0.3 is 9.32 Å². The van der Waals surface area contributed by atoms with Crippen LogP contribution in [0.4, 0.5) is 17.1 Å². The highest BCUT2D eigenvalue weighted by molar-refractivity contribution is 6.06. The second-order valence-corrected chi connectivity index (χ2v) is 13.8. The Morgan fingerprint density at radius 3 is 1.37 bits per heavy atom. The van der Waals surface area contributed by atoms with Gasteiger partial charge in [0.1, 0.15) is 11.2 Å². The Morgan fingerprint density at radius 1 is 0.278 bits per heavy atom. The summed E-state index contributed by atoms with van der Waals surface area (Å²) in [6.45, 7) is 0. The van der Waals surface area contributed by atoms with Gasteiger partial charge in [-0.1, -0.05) is 146 Å². The van der Waals surface area contributed by atoms with E-state index < -0.39 is 0 Å². The van der Waals surface area contributed by atoms with Crippen molar-refractivity contribution in [3.05, 3.63) is 212 Å². The van der Waals surface area contributed by atoms with E-state index in [-0.39, 0.29) is 0 Å². The molecule has 54 heavy (non-hydrogen) atoms. The molecular formula is C52H35NO. The lowest BCUT2D eigenvalue weighted by atomic mass is 9.93. The maximum atomic E-state index is 6.11. The molecule has 0 amide bonds. The second kappa shape index (κ2) is 13.4. The molecular weight excluding hydrogens is 655 g/mol. The second-order valence-electron chi connectivity index (χ2n) is 13.8. The monoisotopic (exact) mass is 689 g/mol. The van der Waals surface area contributed by atoms with E-state index >= 15 is 0 Å². The number of hydrogen-bond donors (Lipinski definition) is 0. The summed E-state index contributed by atoms with van der Waals surface area (Å²) >= 11 is 0. The number of benzene rings is 9. The fourth-order valence-electron chi connectivity index (χ4n) is 7.73. The summed E-state index contributed by atoms with van der Waals surface area (Å²) in [7, 11) is 0. The van der Waals surface area contributed by atoms with Gasteiger partial charge in [0.05, 0.1) is 5.69 Å². The summed E-state index contributed by atoms with van der Waals surface area (Å²) in [4.78, 5) is 2.37. The van der Waals surface area contributed by atoms with Crippen molar-refractivity contribution in [1.82, 2.24) is 0 Å². The van der Waals surface area contributed by atoms with Gasteiger partial charge in [-0.05, 0) is 117 Å². The van der Waals surface area contributed by atoms with E-state index in [1.165, 1.54) is 44.2 Å². The predicted molar refractivity (Wildman–Crippen MR) is 228 cm³/mol. The minimum atomic E-state index is 0.908. The summed E-state index contributed by atoms with van der Waals surface area (Å²) in [5, 5.41) is 4.68. The fourth-order valence-corrected chi connectivity index (χ4v) is 7.73. The maximum absolute atomic E-state index is 6.11. The molecule has 0 unspecified atom stereocenters. The molecule has 1 heterocycles. The van der Waals surface area contributed by atoms with Crippen LogP contribution in [0.15, 0.2) is 217 Å². The van der Waals surface area contributed by atoms with Crippen LogP contribution in [0.2, 0.25) is 0 Å². The van der Waals surface area contributed by atoms with Crippen LogP contribution in [0.1, 0.15) is 0 Å². The molecule has 0 saturated heterocycles. The third kappa shape index (κ3) is 5.81. The maximum Gasteiger partial charge on any atom is 0.135 e. The largest absolute Gasteiger partial charge is 0.456 e. The molecule has 0 radical (unpaired) electrons. The molecule has 0 aliphatic heterocycles. The summed E-state index contributed by atoms with van der Waals surface area (Å²) in [5.41, 5.74) is 14.6. The first kappa shape index (κ1) is 31.6. The highest BCUT2D eigenvalue weighted by atomic mass is 16.3. The zero-order valence-electron chi connectivity index (χ0n) is 29.6. The zero-order chi connectivity index (χ0) is 35.8. The van der Waals surface area contributed by atoms with Gasteiger partial charge in [0.15, 0.2) is 0 Å². The predicted octanol–water partition coefficient (Wildman–Crippen LogP) is 14.9. The Morgan fingerprint density at radius 2 is 0.741 bits per heavy atom. The van der Waals surface area contributed by atoms with E-state index in [1.807, 2.05) is 12.1 Å². The quantitative estimate of drug-likeness (QED) is 0.166. The third-order valence-corrected chi connectivity index (χ3v) is 10.4. The molecule has 0 atom stereocenters. The smallest absolute Gasteiger partial charge is 0.135 e. The Kier molecular flexibility index (Phi) is 7.85. The van der Waals surface area contributed by atoms with Crippen LogP contribution in [0.5, 0.6) is 0 Å². The molecule has 2 nitrogen and oxygen atoms in total. The first-order valence-corrected chi connectivity index (χ1v) is 18.4. The molecule has 10 rings (SSSR count). The van der Waals surface area contributed by atoms with Gasteiger partial charge in [-0.25, -0.2) is 0 Å². The summed E-state index contributed by atoms with van der Waals surface area (Å²) in [6, 6.07) is 76.0. The lowest BCUT2D eigenvalue weighted by Gasteiger charge is -2.27. The topological polar surface area (TPSA) is 16.4 Å². The molecule has 0 bridgehead atoms. The fraction of sp³-hybridized carbons (Fsp3) is 0. The van der Waals surface area contributed by atoms with E-state index in [1.54, 1.807) is 0 Å². The van der Waals surface area contributed by atoms with Gasteiger partial charge in [-0.15, -0.1) is 0 Å². The van der Waals surface area contributed by atoms with E-state index in [0.29, 0.717) is 0 Å². The van der Waals surface area contributed by atoms with Gasteiger partial charge >= 0.3 is 0 Å². The summed E-state index contributed by atoms with van der Waals surface area (Å²) < 4.78 is 6.11. The first-order chi connectivity index (χ1) is 26.7. The van der Waals surface area contributed by atoms with Crippen LogP contribution in [-0.2, 0) is 0 Å². The Hall–Kier alpha value is -7.16. The summed E-state index contributed by atoms with van der Waals surface area (Å²) in [6.07, 6.45) is 0. The highest BCUT2D eigenvalue weighted by Gasteiger charge is 2.17. The minimum absolute atomic E-state index is 0.908. The van der Waals surface area contributed by atoms with Crippen molar-refractivity contribution in [2.24, 2.45) is 0 Å². The van der Waals surface area contributed by atoms with Crippen LogP contribution in [0, 0.1) is 0 Å². The van der Waals surface area contributed by atoms with Crippen molar-refractivity contribution in [2.75, 3.05) is 4.90 Å². The summed E-state index contributed by atoms with van der Waals surface area (Å²) in [5.74, 6) is 0. The van der Waals surface area contributed by atoms with E-state index in [9.17, 15) is 0 Å². The number of hydrogen-bond acceptors (Lipinski definition) is 2. The number of nitrogens with zero attached hydrogens (tertiary/aromatic N) is 1. The standard InChI is InChI=1S/C52H35NO/c1-3-12-36(13-4-1)42-32-43(37-14-5-2-6-15-37)34-44(33-42)39-24-29-46(30-25-39)53(50-20-11-17-40-16-7-8-18-47(40)50)45-27-22-38(23-28-45)41-26-31-52-49(35-41)48-19-9-10-21-51(48)54-52/h1-35H. The molecule has 2 heteroatoms. The molecule has 10 aromatic rings.